The molecule has 9 heteroatoms. The third-order valence-electron chi connectivity index (χ3n) is 4.93. The zero-order chi connectivity index (χ0) is 22.5. The lowest BCUT2D eigenvalue weighted by Crippen LogP contribution is -2.41. The Kier molecular flexibility index (Phi) is 6.54. The van der Waals surface area contributed by atoms with Gasteiger partial charge in [-0.05, 0) is 5.56 Å². The number of esters is 1. The molecule has 1 amide bonds. The fourth-order valence-electron chi connectivity index (χ4n) is 3.39. The highest BCUT2D eigenvalue weighted by atomic mass is 16.6. The Morgan fingerprint density at radius 3 is 2.52 bits per heavy atom. The van der Waals surface area contributed by atoms with Crippen LogP contribution in [0.1, 0.15) is 22.3 Å². The van der Waals surface area contributed by atoms with E-state index in [1.807, 2.05) is 30.3 Å². The first-order chi connectivity index (χ1) is 14.8. The number of benzene rings is 2. The molecule has 0 N–H and O–H groups in total. The predicted octanol–water partition coefficient (Wildman–Crippen LogP) is 3.13. The molecule has 9 nitrogen and oxygen atoms in total. The van der Waals surface area contributed by atoms with Gasteiger partial charge in [-0.1, -0.05) is 42.5 Å². The Labute approximate surface area is 179 Å². The number of nitro benzene ring substituents is 1. The van der Waals surface area contributed by atoms with Crippen LogP contribution in [0.5, 0.6) is 11.5 Å². The van der Waals surface area contributed by atoms with Crippen LogP contribution in [0.2, 0.25) is 0 Å². The molecular weight excluding hydrogens is 404 g/mol. The van der Waals surface area contributed by atoms with Gasteiger partial charge in [-0.15, -0.1) is 0 Å². The van der Waals surface area contributed by atoms with Crippen LogP contribution in [0.3, 0.4) is 0 Å². The second-order valence-electron chi connectivity index (χ2n) is 6.98. The minimum Gasteiger partial charge on any atom is -0.493 e. The maximum Gasteiger partial charge on any atom is 0.328 e. The van der Waals surface area contributed by atoms with Gasteiger partial charge >= 0.3 is 5.97 Å². The van der Waals surface area contributed by atoms with Crippen molar-refractivity contribution in [3.05, 3.63) is 75.9 Å². The van der Waals surface area contributed by atoms with E-state index in [9.17, 15) is 19.7 Å². The molecule has 0 aromatic heterocycles. The van der Waals surface area contributed by atoms with Crippen molar-refractivity contribution in [2.24, 2.45) is 0 Å². The largest absolute Gasteiger partial charge is 0.493 e. The molecule has 1 saturated heterocycles. The van der Waals surface area contributed by atoms with Crippen molar-refractivity contribution in [3.63, 3.8) is 0 Å². The van der Waals surface area contributed by atoms with Crippen molar-refractivity contribution < 1.29 is 28.7 Å². The molecule has 2 aromatic rings. The molecule has 1 heterocycles. The van der Waals surface area contributed by atoms with Gasteiger partial charge in [-0.3, -0.25) is 14.9 Å². The number of rotatable bonds is 7. The highest BCUT2D eigenvalue weighted by molar-refractivity contribution is 6.01. The molecule has 1 aliphatic heterocycles. The lowest BCUT2D eigenvalue weighted by molar-refractivity contribution is -0.385. The highest BCUT2D eigenvalue weighted by Gasteiger charge is 2.39. The fourth-order valence-corrected chi connectivity index (χ4v) is 3.39. The molecule has 0 bridgehead atoms. The summed E-state index contributed by atoms with van der Waals surface area (Å²) >= 11 is 0. The molecule has 0 saturated carbocycles. The van der Waals surface area contributed by atoms with Gasteiger partial charge in [0.25, 0.3) is 11.6 Å². The Hall–Kier alpha value is -3.88. The normalized spacial score (nSPS) is 15.5. The first kappa shape index (κ1) is 21.8. The first-order valence-electron chi connectivity index (χ1n) is 9.44. The summed E-state index contributed by atoms with van der Waals surface area (Å²) in [5.74, 6) is -0.999. The summed E-state index contributed by atoms with van der Waals surface area (Å²) in [6.07, 6.45) is 0.238. The number of nitro groups is 1. The number of carbonyl (C=O) groups excluding carboxylic acids is 2. The summed E-state index contributed by atoms with van der Waals surface area (Å²) in [4.78, 5) is 37.6. The second kappa shape index (κ2) is 9.29. The van der Waals surface area contributed by atoms with E-state index in [0.29, 0.717) is 5.57 Å². The Morgan fingerprint density at radius 2 is 1.90 bits per heavy atom. The second-order valence-corrected chi connectivity index (χ2v) is 6.98. The van der Waals surface area contributed by atoms with Crippen molar-refractivity contribution >= 4 is 17.6 Å². The van der Waals surface area contributed by atoms with Gasteiger partial charge < -0.3 is 19.1 Å². The number of ether oxygens (including phenoxy) is 3. The summed E-state index contributed by atoms with van der Waals surface area (Å²) < 4.78 is 15.8. The van der Waals surface area contributed by atoms with E-state index in [0.717, 1.165) is 11.6 Å². The summed E-state index contributed by atoms with van der Waals surface area (Å²) in [6, 6.07) is 10.8. The number of amides is 1. The Bertz CT molecular complexity index is 1020. The molecule has 1 aliphatic rings. The van der Waals surface area contributed by atoms with Crippen molar-refractivity contribution in [1.82, 2.24) is 4.90 Å². The quantitative estimate of drug-likeness (QED) is 0.290. The number of hydrogen-bond donors (Lipinski definition) is 0. The standard InChI is InChI=1S/C22H22N2O7/c1-14-9-18(22(26)30-3)23(12-14)21(25)16-10-19(29-2)20(11-17(16)24(27)28)31-13-15-7-5-4-6-8-15/h4-8,10-11,18H,1,9,12-13H2,2-3H3. The maximum atomic E-state index is 13.2. The van der Waals surface area contributed by atoms with E-state index < -0.39 is 28.5 Å². The van der Waals surface area contributed by atoms with Gasteiger partial charge in [0.05, 0.1) is 25.2 Å². The van der Waals surface area contributed by atoms with Gasteiger partial charge in [0, 0.05) is 19.0 Å². The molecule has 2 aromatic carbocycles. The SMILES string of the molecule is C=C1CC(C(=O)OC)N(C(=O)c2cc(OC)c(OCc3ccccc3)cc2[N+](=O)[O-])C1. The third kappa shape index (κ3) is 4.66. The molecule has 0 aliphatic carbocycles. The molecule has 1 atom stereocenters. The van der Waals surface area contributed by atoms with Gasteiger partial charge in [-0.25, -0.2) is 4.79 Å². The number of likely N-dealkylation sites (tertiary alicyclic amines) is 1. The highest BCUT2D eigenvalue weighted by Crippen LogP contribution is 2.37. The molecule has 0 radical (unpaired) electrons. The maximum absolute atomic E-state index is 13.2. The van der Waals surface area contributed by atoms with Crippen LogP contribution in [0, 0.1) is 10.1 Å². The van der Waals surface area contributed by atoms with E-state index in [4.69, 9.17) is 14.2 Å². The van der Waals surface area contributed by atoms with Crippen LogP contribution >= 0.6 is 0 Å². The average Bonchev–Trinajstić information content (AvgIpc) is 3.18. The first-order valence-corrected chi connectivity index (χ1v) is 9.44. The summed E-state index contributed by atoms with van der Waals surface area (Å²) in [6.45, 7) is 4.09. The lowest BCUT2D eigenvalue weighted by atomic mass is 10.1. The number of hydrogen-bond acceptors (Lipinski definition) is 7. The van der Waals surface area contributed by atoms with E-state index >= 15 is 0 Å². The zero-order valence-electron chi connectivity index (χ0n) is 17.2. The molecule has 31 heavy (non-hydrogen) atoms. The summed E-state index contributed by atoms with van der Waals surface area (Å²) in [5, 5.41) is 11.7. The molecular formula is C22H22N2O7. The van der Waals surface area contributed by atoms with E-state index in [1.165, 1.54) is 25.2 Å². The van der Waals surface area contributed by atoms with Crippen LogP contribution < -0.4 is 9.47 Å². The monoisotopic (exact) mass is 426 g/mol. The fraction of sp³-hybridized carbons (Fsp3) is 0.273. The van der Waals surface area contributed by atoms with Crippen LogP contribution in [0.25, 0.3) is 0 Å². The van der Waals surface area contributed by atoms with Crippen molar-refractivity contribution in [2.75, 3.05) is 20.8 Å². The van der Waals surface area contributed by atoms with Crippen molar-refractivity contribution in [2.45, 2.75) is 19.1 Å². The number of nitrogens with zero attached hydrogens (tertiary/aromatic N) is 2. The summed E-state index contributed by atoms with van der Waals surface area (Å²) in [5.41, 5.74) is 0.859. The minimum atomic E-state index is -0.885. The predicted molar refractivity (Wildman–Crippen MR) is 111 cm³/mol. The minimum absolute atomic E-state index is 0.102. The zero-order valence-corrected chi connectivity index (χ0v) is 17.2. The van der Waals surface area contributed by atoms with Crippen LogP contribution in [-0.4, -0.2) is 48.5 Å². The van der Waals surface area contributed by atoms with E-state index in [2.05, 4.69) is 6.58 Å². The number of carbonyl (C=O) groups is 2. The Morgan fingerprint density at radius 1 is 1.19 bits per heavy atom. The number of methoxy groups -OCH3 is 2. The third-order valence-corrected chi connectivity index (χ3v) is 4.93. The molecule has 1 unspecified atom stereocenters. The smallest absolute Gasteiger partial charge is 0.328 e. The Balaban J connectivity index is 1.96. The average molecular weight is 426 g/mol. The van der Waals surface area contributed by atoms with E-state index in [1.54, 1.807) is 0 Å². The molecule has 0 spiro atoms. The topological polar surface area (TPSA) is 108 Å². The van der Waals surface area contributed by atoms with Crippen LogP contribution in [0.15, 0.2) is 54.6 Å². The van der Waals surface area contributed by atoms with Gasteiger partial charge in [-0.2, -0.15) is 0 Å². The van der Waals surface area contributed by atoms with Crippen LogP contribution in [0.4, 0.5) is 5.69 Å². The summed E-state index contributed by atoms with van der Waals surface area (Å²) in [7, 11) is 2.59. The molecule has 1 fully saturated rings. The molecule has 162 valence electrons. The van der Waals surface area contributed by atoms with E-state index in [-0.39, 0.29) is 36.6 Å². The van der Waals surface area contributed by atoms with Crippen molar-refractivity contribution in [3.8, 4) is 11.5 Å². The van der Waals surface area contributed by atoms with Gasteiger partial charge in [0.1, 0.15) is 18.2 Å². The van der Waals surface area contributed by atoms with Crippen LogP contribution in [-0.2, 0) is 16.1 Å². The molecule has 3 rings (SSSR count). The van der Waals surface area contributed by atoms with Crippen molar-refractivity contribution in [1.29, 1.82) is 0 Å². The van der Waals surface area contributed by atoms with Gasteiger partial charge in [0.2, 0.25) is 0 Å². The lowest BCUT2D eigenvalue weighted by Gasteiger charge is -2.22. The van der Waals surface area contributed by atoms with Gasteiger partial charge in [0.15, 0.2) is 11.5 Å².